The third-order valence-electron chi connectivity index (χ3n) is 3.61. The van der Waals surface area contributed by atoms with E-state index in [1.807, 2.05) is 0 Å². The van der Waals surface area contributed by atoms with Crippen LogP contribution >= 0.6 is 11.8 Å². The highest BCUT2D eigenvalue weighted by atomic mass is 32.2. The van der Waals surface area contributed by atoms with E-state index in [2.05, 4.69) is 11.4 Å². The van der Waals surface area contributed by atoms with E-state index in [0.717, 1.165) is 37.4 Å². The molecular formula is C14H22N2O3S. The van der Waals surface area contributed by atoms with E-state index >= 15 is 0 Å². The Morgan fingerprint density at radius 2 is 1.95 bits per heavy atom. The summed E-state index contributed by atoms with van der Waals surface area (Å²) in [5, 5.41) is 20.6. The molecule has 1 atom stereocenters. The summed E-state index contributed by atoms with van der Waals surface area (Å²) in [5.74, 6) is -1.04. The minimum Gasteiger partial charge on any atom is -0.480 e. The lowest BCUT2D eigenvalue weighted by Gasteiger charge is -2.26. The molecule has 1 amide bonds. The summed E-state index contributed by atoms with van der Waals surface area (Å²) >= 11 is 1.12. The summed E-state index contributed by atoms with van der Waals surface area (Å²) in [6, 6.07) is 2.26. The molecule has 20 heavy (non-hydrogen) atoms. The zero-order valence-corrected chi connectivity index (χ0v) is 12.7. The van der Waals surface area contributed by atoms with Gasteiger partial charge in [-0.05, 0) is 19.3 Å². The van der Waals surface area contributed by atoms with Crippen LogP contribution in [-0.4, -0.2) is 33.5 Å². The Labute approximate surface area is 124 Å². The number of hydrogen-bond donors (Lipinski definition) is 2. The summed E-state index contributed by atoms with van der Waals surface area (Å²) in [6.45, 7) is 1.78. The van der Waals surface area contributed by atoms with Crippen LogP contribution in [0.4, 0.5) is 0 Å². The predicted octanol–water partition coefficient (Wildman–Crippen LogP) is 2.32. The Balaban J connectivity index is 2.51. The van der Waals surface area contributed by atoms with E-state index in [9.17, 15) is 14.9 Å². The first kappa shape index (κ1) is 16.8. The van der Waals surface area contributed by atoms with E-state index in [1.54, 1.807) is 6.92 Å². The van der Waals surface area contributed by atoms with Crippen LogP contribution in [0.1, 0.15) is 51.9 Å². The average Bonchev–Trinajstić information content (AvgIpc) is 2.65. The van der Waals surface area contributed by atoms with Gasteiger partial charge in [-0.3, -0.25) is 9.59 Å². The van der Waals surface area contributed by atoms with Crippen molar-refractivity contribution in [2.45, 2.75) is 62.7 Å². The number of hydrogen-bond acceptors (Lipinski definition) is 4. The molecule has 5 nitrogen and oxygen atoms in total. The molecule has 0 heterocycles. The van der Waals surface area contributed by atoms with Gasteiger partial charge in [-0.1, -0.05) is 32.6 Å². The van der Waals surface area contributed by atoms with Crippen LogP contribution in [0.25, 0.3) is 0 Å². The predicted molar refractivity (Wildman–Crippen MR) is 78.4 cm³/mol. The molecular weight excluding hydrogens is 276 g/mol. The van der Waals surface area contributed by atoms with Crippen LogP contribution in [0.2, 0.25) is 0 Å². The van der Waals surface area contributed by atoms with E-state index in [-0.39, 0.29) is 11.7 Å². The Kier molecular flexibility index (Phi) is 6.86. The highest BCUT2D eigenvalue weighted by Crippen LogP contribution is 2.27. The van der Waals surface area contributed by atoms with E-state index in [4.69, 9.17) is 5.11 Å². The number of carboxylic acid groups (broad SMARTS) is 1. The number of nitrogens with zero attached hydrogens (tertiary/aromatic N) is 1. The monoisotopic (exact) mass is 298 g/mol. The molecule has 0 aromatic heterocycles. The van der Waals surface area contributed by atoms with Crippen molar-refractivity contribution >= 4 is 23.6 Å². The second-order valence-electron chi connectivity index (χ2n) is 5.20. The molecule has 0 radical (unpaired) electrons. The molecule has 112 valence electrons. The third-order valence-corrected chi connectivity index (χ3v) is 4.98. The SMILES string of the molecule is CCC(SCC(=O)NC1(C#N)CCCCCC1)C(=O)O. The standard InChI is InChI=1S/C14H22N2O3S/c1-2-11(13(18)19)20-9-12(17)16-14(10-15)7-5-3-4-6-8-14/h11H,2-9H2,1H3,(H,16,17)(H,18,19). The number of rotatable bonds is 6. The highest BCUT2D eigenvalue weighted by Gasteiger charge is 2.32. The van der Waals surface area contributed by atoms with Crippen molar-refractivity contribution in [1.82, 2.24) is 5.32 Å². The van der Waals surface area contributed by atoms with Crippen molar-refractivity contribution in [3.63, 3.8) is 0 Å². The number of carbonyl (C=O) groups excluding carboxylic acids is 1. The fourth-order valence-electron chi connectivity index (χ4n) is 2.44. The summed E-state index contributed by atoms with van der Waals surface area (Å²) in [4.78, 5) is 22.8. The minimum absolute atomic E-state index is 0.0915. The topological polar surface area (TPSA) is 90.2 Å². The molecule has 1 saturated carbocycles. The Bertz CT molecular complexity index is 384. The lowest BCUT2D eigenvalue weighted by atomic mass is 9.92. The van der Waals surface area contributed by atoms with Crippen molar-refractivity contribution < 1.29 is 14.7 Å². The Hall–Kier alpha value is -1.22. The van der Waals surface area contributed by atoms with Gasteiger partial charge in [-0.2, -0.15) is 5.26 Å². The second kappa shape index (κ2) is 8.15. The van der Waals surface area contributed by atoms with Gasteiger partial charge >= 0.3 is 5.97 Å². The number of aliphatic carboxylic acids is 1. The maximum atomic E-state index is 12.0. The molecule has 1 aliphatic carbocycles. The molecule has 1 fully saturated rings. The molecule has 0 spiro atoms. The maximum absolute atomic E-state index is 12.0. The molecule has 0 bridgehead atoms. The largest absolute Gasteiger partial charge is 0.480 e. The number of nitrogens with one attached hydrogen (secondary N) is 1. The first-order valence-electron chi connectivity index (χ1n) is 7.09. The fourth-order valence-corrected chi connectivity index (χ4v) is 3.24. The van der Waals surface area contributed by atoms with Crippen molar-refractivity contribution in [3.8, 4) is 6.07 Å². The zero-order valence-electron chi connectivity index (χ0n) is 11.9. The summed E-state index contributed by atoms with van der Waals surface area (Å²) in [5.41, 5.74) is -0.751. The van der Waals surface area contributed by atoms with Crippen LogP contribution < -0.4 is 5.32 Å². The first-order chi connectivity index (χ1) is 9.53. The third kappa shape index (κ3) is 5.04. The molecule has 1 rings (SSSR count). The van der Waals surface area contributed by atoms with Gasteiger partial charge in [0.25, 0.3) is 0 Å². The van der Waals surface area contributed by atoms with Gasteiger partial charge in [0.15, 0.2) is 0 Å². The second-order valence-corrected chi connectivity index (χ2v) is 6.39. The summed E-state index contributed by atoms with van der Waals surface area (Å²) < 4.78 is 0. The minimum atomic E-state index is -0.894. The average molecular weight is 298 g/mol. The van der Waals surface area contributed by atoms with Crippen molar-refractivity contribution in [2.24, 2.45) is 0 Å². The molecule has 0 aromatic carbocycles. The number of nitriles is 1. The summed E-state index contributed by atoms with van der Waals surface area (Å²) in [6.07, 6.45) is 5.97. The van der Waals surface area contributed by atoms with Crippen LogP contribution in [-0.2, 0) is 9.59 Å². The number of amides is 1. The van der Waals surface area contributed by atoms with Crippen molar-refractivity contribution in [1.29, 1.82) is 5.26 Å². The smallest absolute Gasteiger partial charge is 0.316 e. The first-order valence-corrected chi connectivity index (χ1v) is 8.14. The molecule has 0 aliphatic heterocycles. The Morgan fingerprint density at radius 3 is 2.40 bits per heavy atom. The van der Waals surface area contributed by atoms with Crippen LogP contribution in [0, 0.1) is 11.3 Å². The number of thioether (sulfide) groups is 1. The maximum Gasteiger partial charge on any atom is 0.316 e. The fraction of sp³-hybridized carbons (Fsp3) is 0.786. The van der Waals surface area contributed by atoms with E-state index in [0.29, 0.717) is 19.3 Å². The van der Waals surface area contributed by atoms with Gasteiger partial charge in [0.05, 0.1) is 11.8 Å². The quantitative estimate of drug-likeness (QED) is 0.734. The molecule has 6 heteroatoms. The zero-order chi connectivity index (χ0) is 15.0. The van der Waals surface area contributed by atoms with Crippen LogP contribution in [0.5, 0.6) is 0 Å². The summed E-state index contributed by atoms with van der Waals surface area (Å²) in [7, 11) is 0. The van der Waals surface area contributed by atoms with Crippen LogP contribution in [0.3, 0.4) is 0 Å². The number of carboxylic acids is 1. The Morgan fingerprint density at radius 1 is 1.35 bits per heavy atom. The van der Waals surface area contributed by atoms with E-state index < -0.39 is 16.8 Å². The lowest BCUT2D eigenvalue weighted by molar-refractivity contribution is -0.136. The van der Waals surface area contributed by atoms with Gasteiger partial charge in [-0.15, -0.1) is 11.8 Å². The molecule has 2 N–H and O–H groups in total. The highest BCUT2D eigenvalue weighted by molar-refractivity contribution is 8.01. The van der Waals surface area contributed by atoms with Gasteiger partial charge in [0, 0.05) is 0 Å². The molecule has 1 aliphatic rings. The van der Waals surface area contributed by atoms with Gasteiger partial charge in [0.2, 0.25) is 5.91 Å². The van der Waals surface area contributed by atoms with Crippen molar-refractivity contribution in [2.75, 3.05) is 5.75 Å². The molecule has 0 aromatic rings. The molecule has 1 unspecified atom stereocenters. The van der Waals surface area contributed by atoms with Gasteiger partial charge < -0.3 is 10.4 Å². The number of carbonyl (C=O) groups is 2. The van der Waals surface area contributed by atoms with Crippen LogP contribution in [0.15, 0.2) is 0 Å². The lowest BCUT2D eigenvalue weighted by Crippen LogP contribution is -2.48. The van der Waals surface area contributed by atoms with E-state index in [1.165, 1.54) is 0 Å². The van der Waals surface area contributed by atoms with Gasteiger partial charge in [0.1, 0.15) is 10.8 Å². The molecule has 0 saturated heterocycles. The van der Waals surface area contributed by atoms with Gasteiger partial charge in [-0.25, -0.2) is 0 Å². The normalized spacial score (nSPS) is 19.4. The van der Waals surface area contributed by atoms with Crippen molar-refractivity contribution in [3.05, 3.63) is 0 Å².